The van der Waals surface area contributed by atoms with Crippen LogP contribution >= 0.6 is 0 Å². The van der Waals surface area contributed by atoms with E-state index in [9.17, 15) is 4.79 Å². The minimum Gasteiger partial charge on any atom is -0.299 e. The molecule has 1 aliphatic rings. The van der Waals surface area contributed by atoms with Crippen molar-refractivity contribution >= 4 is 5.78 Å². The summed E-state index contributed by atoms with van der Waals surface area (Å²) in [4.78, 5) is 11.7. The minimum atomic E-state index is 0.225. The van der Waals surface area contributed by atoms with Crippen molar-refractivity contribution in [2.45, 2.75) is 53.4 Å². The summed E-state index contributed by atoms with van der Waals surface area (Å²) in [5.74, 6) is 2.93. The second-order valence-corrected chi connectivity index (χ2v) is 5.42. The lowest BCUT2D eigenvalue weighted by Gasteiger charge is -2.23. The van der Waals surface area contributed by atoms with Gasteiger partial charge in [-0.2, -0.15) is 0 Å². The van der Waals surface area contributed by atoms with E-state index in [0.29, 0.717) is 11.7 Å². The Kier molecular flexibility index (Phi) is 4.15. The Hall–Kier alpha value is -0.330. The van der Waals surface area contributed by atoms with Crippen molar-refractivity contribution in [2.24, 2.45) is 23.7 Å². The van der Waals surface area contributed by atoms with E-state index in [0.717, 1.165) is 18.3 Å². The maximum absolute atomic E-state index is 11.7. The third kappa shape index (κ3) is 2.83. The molecule has 14 heavy (non-hydrogen) atoms. The number of ketones is 1. The summed E-state index contributed by atoms with van der Waals surface area (Å²) in [6.07, 6.45) is 4.79. The molecule has 1 rings (SSSR count). The van der Waals surface area contributed by atoms with E-state index < -0.39 is 0 Å². The van der Waals surface area contributed by atoms with Gasteiger partial charge in [0, 0.05) is 12.3 Å². The zero-order valence-corrected chi connectivity index (χ0v) is 10.0. The van der Waals surface area contributed by atoms with E-state index in [1.807, 2.05) is 13.8 Å². The molecule has 82 valence electrons. The SMILES string of the molecule is CC(C)C(=O)CC1CCCC1C(C)C. The van der Waals surface area contributed by atoms with E-state index in [2.05, 4.69) is 13.8 Å². The fraction of sp³-hybridized carbons (Fsp3) is 0.923. The average Bonchev–Trinajstić information content (AvgIpc) is 2.52. The molecule has 1 heteroatoms. The molecule has 1 fully saturated rings. The molecule has 0 bridgehead atoms. The number of rotatable bonds is 4. The van der Waals surface area contributed by atoms with E-state index in [4.69, 9.17) is 0 Å². The van der Waals surface area contributed by atoms with Crippen LogP contribution in [0.3, 0.4) is 0 Å². The second kappa shape index (κ2) is 4.95. The molecule has 0 N–H and O–H groups in total. The molecule has 0 amide bonds. The van der Waals surface area contributed by atoms with Crippen molar-refractivity contribution in [2.75, 3.05) is 0 Å². The summed E-state index contributed by atoms with van der Waals surface area (Å²) in [6, 6.07) is 0. The minimum absolute atomic E-state index is 0.225. The van der Waals surface area contributed by atoms with E-state index in [1.165, 1.54) is 19.3 Å². The summed E-state index contributed by atoms with van der Waals surface area (Å²) in [7, 11) is 0. The predicted octanol–water partition coefficient (Wildman–Crippen LogP) is 3.67. The summed E-state index contributed by atoms with van der Waals surface area (Å²) in [5, 5.41) is 0. The van der Waals surface area contributed by atoms with Crippen LogP contribution in [0.5, 0.6) is 0 Å². The predicted molar refractivity (Wildman–Crippen MR) is 60.1 cm³/mol. The quantitative estimate of drug-likeness (QED) is 0.670. The first kappa shape index (κ1) is 11.7. The van der Waals surface area contributed by atoms with Crippen LogP contribution in [0.25, 0.3) is 0 Å². The molecule has 0 aromatic rings. The van der Waals surface area contributed by atoms with E-state index in [-0.39, 0.29) is 5.92 Å². The van der Waals surface area contributed by atoms with Gasteiger partial charge in [0.15, 0.2) is 0 Å². The number of carbonyl (C=O) groups is 1. The van der Waals surface area contributed by atoms with Crippen LogP contribution in [0.4, 0.5) is 0 Å². The third-order valence-corrected chi connectivity index (χ3v) is 3.68. The molecular weight excluding hydrogens is 172 g/mol. The molecule has 0 aliphatic heterocycles. The third-order valence-electron chi connectivity index (χ3n) is 3.68. The molecule has 1 nitrogen and oxygen atoms in total. The standard InChI is InChI=1S/C13H24O/c1-9(2)12-7-5-6-11(12)8-13(14)10(3)4/h9-12H,5-8H2,1-4H3. The molecule has 0 aromatic carbocycles. The Balaban J connectivity index is 2.47. The Morgan fingerprint density at radius 1 is 1.21 bits per heavy atom. The van der Waals surface area contributed by atoms with Gasteiger partial charge in [-0.05, 0) is 30.6 Å². The van der Waals surface area contributed by atoms with Gasteiger partial charge in [-0.15, -0.1) is 0 Å². The van der Waals surface area contributed by atoms with Gasteiger partial charge in [-0.1, -0.05) is 34.1 Å². The molecule has 0 spiro atoms. The van der Waals surface area contributed by atoms with Crippen LogP contribution in [0, 0.1) is 23.7 Å². The molecule has 0 heterocycles. The number of hydrogen-bond donors (Lipinski definition) is 0. The summed E-state index contributed by atoms with van der Waals surface area (Å²) >= 11 is 0. The van der Waals surface area contributed by atoms with Crippen molar-refractivity contribution in [3.05, 3.63) is 0 Å². The first-order chi connectivity index (χ1) is 6.52. The van der Waals surface area contributed by atoms with Gasteiger partial charge in [0.1, 0.15) is 5.78 Å². The highest BCUT2D eigenvalue weighted by atomic mass is 16.1. The van der Waals surface area contributed by atoms with Crippen molar-refractivity contribution < 1.29 is 4.79 Å². The normalized spacial score (nSPS) is 27.6. The monoisotopic (exact) mass is 196 g/mol. The largest absolute Gasteiger partial charge is 0.299 e. The van der Waals surface area contributed by atoms with Crippen LogP contribution in [0.15, 0.2) is 0 Å². The van der Waals surface area contributed by atoms with Gasteiger partial charge in [0.2, 0.25) is 0 Å². The van der Waals surface area contributed by atoms with Crippen molar-refractivity contribution in [1.29, 1.82) is 0 Å². The van der Waals surface area contributed by atoms with Gasteiger partial charge >= 0.3 is 0 Å². The lowest BCUT2D eigenvalue weighted by Crippen LogP contribution is -2.20. The Labute approximate surface area is 88.3 Å². The molecule has 2 unspecified atom stereocenters. The van der Waals surface area contributed by atoms with Crippen LogP contribution in [0.2, 0.25) is 0 Å². The average molecular weight is 196 g/mol. The molecule has 2 atom stereocenters. The zero-order valence-electron chi connectivity index (χ0n) is 10.0. The highest BCUT2D eigenvalue weighted by Gasteiger charge is 2.31. The summed E-state index contributed by atoms with van der Waals surface area (Å²) in [5.41, 5.74) is 0. The van der Waals surface area contributed by atoms with Gasteiger partial charge < -0.3 is 0 Å². The number of hydrogen-bond acceptors (Lipinski definition) is 1. The van der Waals surface area contributed by atoms with Crippen LogP contribution in [-0.2, 0) is 4.79 Å². The maximum Gasteiger partial charge on any atom is 0.135 e. The lowest BCUT2D eigenvalue weighted by molar-refractivity contribution is -0.123. The molecule has 1 saturated carbocycles. The molecular formula is C13H24O. The molecule has 0 radical (unpaired) electrons. The zero-order chi connectivity index (χ0) is 10.7. The Morgan fingerprint density at radius 2 is 1.86 bits per heavy atom. The fourth-order valence-electron chi connectivity index (χ4n) is 2.69. The van der Waals surface area contributed by atoms with Gasteiger partial charge in [0.25, 0.3) is 0 Å². The Bertz CT molecular complexity index is 193. The summed E-state index contributed by atoms with van der Waals surface area (Å²) < 4.78 is 0. The topological polar surface area (TPSA) is 17.1 Å². The van der Waals surface area contributed by atoms with Gasteiger partial charge in [-0.3, -0.25) is 4.79 Å². The van der Waals surface area contributed by atoms with Crippen molar-refractivity contribution in [3.8, 4) is 0 Å². The van der Waals surface area contributed by atoms with Crippen LogP contribution in [-0.4, -0.2) is 5.78 Å². The van der Waals surface area contributed by atoms with Crippen molar-refractivity contribution in [1.82, 2.24) is 0 Å². The molecule has 1 aliphatic carbocycles. The molecule has 0 saturated heterocycles. The Morgan fingerprint density at radius 3 is 2.36 bits per heavy atom. The number of Topliss-reactive ketones (excluding diaryl/α,β-unsaturated/α-hetero) is 1. The van der Waals surface area contributed by atoms with E-state index in [1.54, 1.807) is 0 Å². The van der Waals surface area contributed by atoms with E-state index >= 15 is 0 Å². The van der Waals surface area contributed by atoms with Crippen LogP contribution < -0.4 is 0 Å². The van der Waals surface area contributed by atoms with Crippen molar-refractivity contribution in [3.63, 3.8) is 0 Å². The first-order valence-electron chi connectivity index (χ1n) is 6.05. The van der Waals surface area contributed by atoms with Gasteiger partial charge in [-0.25, -0.2) is 0 Å². The lowest BCUT2D eigenvalue weighted by atomic mass is 9.82. The highest BCUT2D eigenvalue weighted by molar-refractivity contribution is 5.80. The smallest absolute Gasteiger partial charge is 0.135 e. The first-order valence-corrected chi connectivity index (χ1v) is 6.05. The second-order valence-electron chi connectivity index (χ2n) is 5.42. The van der Waals surface area contributed by atoms with Gasteiger partial charge in [0.05, 0.1) is 0 Å². The fourth-order valence-corrected chi connectivity index (χ4v) is 2.69. The van der Waals surface area contributed by atoms with Crippen LogP contribution in [0.1, 0.15) is 53.4 Å². The maximum atomic E-state index is 11.7. The number of carbonyl (C=O) groups excluding carboxylic acids is 1. The summed E-state index contributed by atoms with van der Waals surface area (Å²) in [6.45, 7) is 8.62. The highest BCUT2D eigenvalue weighted by Crippen LogP contribution is 2.39. The molecule has 0 aromatic heterocycles.